The minimum Gasteiger partial charge on any atom is -0.383 e. The average Bonchev–Trinajstić information content (AvgIpc) is 3.06. The number of nitrogens with one attached hydrogen (secondary N) is 1. The maximum atomic E-state index is 12.6. The standard InChI is InChI=1S/C21H31N5O3/c1-15(14-29-3)26-19(24-18-6-5-11-22-21(18)26)7-4-8-20(28)25-12-9-17(10-13-25)23-16(2)27/h5-6,11,15,17H,4,7-10,12-14H2,1-3H3,(H,23,27). The first-order chi connectivity index (χ1) is 14.0. The number of rotatable bonds is 8. The first kappa shape index (κ1) is 21.2. The van der Waals surface area contributed by atoms with E-state index in [9.17, 15) is 9.59 Å². The second-order valence-corrected chi connectivity index (χ2v) is 7.76. The lowest BCUT2D eigenvalue weighted by Gasteiger charge is -2.32. The maximum Gasteiger partial charge on any atom is 0.222 e. The molecular weight excluding hydrogens is 370 g/mol. The summed E-state index contributed by atoms with van der Waals surface area (Å²) < 4.78 is 7.45. The number of pyridine rings is 1. The highest BCUT2D eigenvalue weighted by Crippen LogP contribution is 2.21. The Morgan fingerprint density at radius 1 is 1.34 bits per heavy atom. The van der Waals surface area contributed by atoms with Crippen molar-refractivity contribution >= 4 is 23.0 Å². The molecule has 1 N–H and O–H groups in total. The third-order valence-electron chi connectivity index (χ3n) is 5.42. The van der Waals surface area contributed by atoms with Crippen LogP contribution in [0, 0.1) is 0 Å². The van der Waals surface area contributed by atoms with Crippen molar-refractivity contribution in [1.82, 2.24) is 24.8 Å². The lowest BCUT2D eigenvalue weighted by atomic mass is 10.0. The summed E-state index contributed by atoms with van der Waals surface area (Å²) in [5.41, 5.74) is 1.73. The summed E-state index contributed by atoms with van der Waals surface area (Å²) in [6.45, 7) is 5.62. The van der Waals surface area contributed by atoms with Crippen LogP contribution in [0.4, 0.5) is 0 Å². The Labute approximate surface area is 171 Å². The van der Waals surface area contributed by atoms with Gasteiger partial charge in [0.25, 0.3) is 0 Å². The highest BCUT2D eigenvalue weighted by molar-refractivity contribution is 5.76. The molecule has 0 radical (unpaired) electrons. The fraction of sp³-hybridized carbons (Fsp3) is 0.619. The number of hydrogen-bond acceptors (Lipinski definition) is 5. The number of hydrogen-bond donors (Lipinski definition) is 1. The molecule has 29 heavy (non-hydrogen) atoms. The van der Waals surface area contributed by atoms with Crippen LogP contribution in [0.15, 0.2) is 18.3 Å². The molecule has 2 amide bonds. The Kier molecular flexibility index (Phi) is 7.19. The summed E-state index contributed by atoms with van der Waals surface area (Å²) >= 11 is 0. The van der Waals surface area contributed by atoms with Crippen LogP contribution < -0.4 is 5.32 Å². The molecule has 1 saturated heterocycles. The zero-order chi connectivity index (χ0) is 20.8. The second-order valence-electron chi connectivity index (χ2n) is 7.76. The molecule has 1 aliphatic heterocycles. The van der Waals surface area contributed by atoms with Crippen LogP contribution in [0.25, 0.3) is 11.2 Å². The first-order valence-corrected chi connectivity index (χ1v) is 10.3. The zero-order valence-electron chi connectivity index (χ0n) is 17.6. The van der Waals surface area contributed by atoms with E-state index in [0.29, 0.717) is 26.1 Å². The highest BCUT2D eigenvalue weighted by Gasteiger charge is 2.23. The van der Waals surface area contributed by atoms with Crippen LogP contribution in [-0.4, -0.2) is 64.1 Å². The largest absolute Gasteiger partial charge is 0.383 e. The summed E-state index contributed by atoms with van der Waals surface area (Å²) in [4.78, 5) is 34.9. The maximum absolute atomic E-state index is 12.6. The molecule has 3 heterocycles. The molecule has 158 valence electrons. The third kappa shape index (κ3) is 5.32. The van der Waals surface area contributed by atoms with Gasteiger partial charge >= 0.3 is 0 Å². The summed E-state index contributed by atoms with van der Waals surface area (Å²) in [5, 5.41) is 2.94. The summed E-state index contributed by atoms with van der Waals surface area (Å²) in [6.07, 6.45) is 5.38. The van der Waals surface area contributed by atoms with Crippen LogP contribution in [0.1, 0.15) is 51.4 Å². The number of aromatic nitrogens is 3. The van der Waals surface area contributed by atoms with Crippen molar-refractivity contribution in [2.24, 2.45) is 0 Å². The Morgan fingerprint density at radius 3 is 2.79 bits per heavy atom. The van der Waals surface area contributed by atoms with Gasteiger partial charge in [-0.1, -0.05) is 0 Å². The Balaban J connectivity index is 1.56. The minimum atomic E-state index is -0.00476. The number of imidazole rings is 1. The molecule has 0 aromatic carbocycles. The van der Waals surface area contributed by atoms with Crippen LogP contribution in [0.2, 0.25) is 0 Å². The molecule has 1 unspecified atom stereocenters. The fourth-order valence-electron chi connectivity index (χ4n) is 4.05. The molecule has 0 saturated carbocycles. The molecular formula is C21H31N5O3. The van der Waals surface area contributed by atoms with Gasteiger partial charge in [0.1, 0.15) is 11.3 Å². The van der Waals surface area contributed by atoms with Gasteiger partial charge in [-0.3, -0.25) is 9.59 Å². The van der Waals surface area contributed by atoms with Gasteiger partial charge in [0, 0.05) is 52.2 Å². The number of likely N-dealkylation sites (tertiary alicyclic amines) is 1. The lowest BCUT2D eigenvalue weighted by Crippen LogP contribution is -2.46. The average molecular weight is 402 g/mol. The second kappa shape index (κ2) is 9.82. The fourth-order valence-corrected chi connectivity index (χ4v) is 4.05. The monoisotopic (exact) mass is 401 g/mol. The predicted molar refractivity (Wildman–Crippen MR) is 110 cm³/mol. The summed E-state index contributed by atoms with van der Waals surface area (Å²) in [5.74, 6) is 1.12. The van der Waals surface area contributed by atoms with Crippen LogP contribution >= 0.6 is 0 Å². The Bertz CT molecular complexity index is 842. The van der Waals surface area contributed by atoms with Gasteiger partial charge in [0.2, 0.25) is 11.8 Å². The van der Waals surface area contributed by atoms with Crippen LogP contribution in [0.5, 0.6) is 0 Å². The number of carbonyl (C=O) groups excluding carboxylic acids is 2. The van der Waals surface area contributed by atoms with Crippen molar-refractivity contribution in [3.63, 3.8) is 0 Å². The van der Waals surface area contributed by atoms with Crippen molar-refractivity contribution < 1.29 is 14.3 Å². The normalized spacial score (nSPS) is 16.2. The van der Waals surface area contributed by atoms with Gasteiger partial charge in [0.15, 0.2) is 5.65 Å². The van der Waals surface area contributed by atoms with E-state index in [4.69, 9.17) is 9.72 Å². The van der Waals surface area contributed by atoms with E-state index >= 15 is 0 Å². The van der Waals surface area contributed by atoms with Gasteiger partial charge < -0.3 is 19.5 Å². The molecule has 1 atom stereocenters. The van der Waals surface area contributed by atoms with Crippen molar-refractivity contribution in [3.8, 4) is 0 Å². The van der Waals surface area contributed by atoms with Crippen molar-refractivity contribution in [1.29, 1.82) is 0 Å². The quantitative estimate of drug-likeness (QED) is 0.732. The van der Waals surface area contributed by atoms with Gasteiger partial charge in [-0.2, -0.15) is 0 Å². The third-order valence-corrected chi connectivity index (χ3v) is 5.42. The molecule has 0 aliphatic carbocycles. The molecule has 2 aromatic heterocycles. The van der Waals surface area contributed by atoms with Gasteiger partial charge in [-0.25, -0.2) is 9.97 Å². The topological polar surface area (TPSA) is 89.4 Å². The van der Waals surface area contributed by atoms with Gasteiger partial charge in [-0.15, -0.1) is 0 Å². The lowest BCUT2D eigenvalue weighted by molar-refractivity contribution is -0.132. The van der Waals surface area contributed by atoms with Crippen molar-refractivity contribution in [2.45, 2.75) is 58.0 Å². The van der Waals surface area contributed by atoms with E-state index in [2.05, 4.69) is 21.8 Å². The molecule has 0 bridgehead atoms. The number of aryl methyl sites for hydroxylation is 1. The molecule has 0 spiro atoms. The van der Waals surface area contributed by atoms with E-state index in [1.54, 1.807) is 13.3 Å². The number of piperidine rings is 1. The number of fused-ring (bicyclic) bond motifs is 1. The highest BCUT2D eigenvalue weighted by atomic mass is 16.5. The molecule has 1 aliphatic rings. The molecule has 8 nitrogen and oxygen atoms in total. The van der Waals surface area contributed by atoms with E-state index < -0.39 is 0 Å². The number of methoxy groups -OCH3 is 1. The number of nitrogens with zero attached hydrogens (tertiary/aromatic N) is 4. The minimum absolute atomic E-state index is 0.00476. The first-order valence-electron chi connectivity index (χ1n) is 10.3. The van der Waals surface area contributed by atoms with Crippen LogP contribution in [0.3, 0.4) is 0 Å². The van der Waals surface area contributed by atoms with E-state index in [-0.39, 0.29) is 23.9 Å². The smallest absolute Gasteiger partial charge is 0.222 e. The number of ether oxygens (including phenoxy) is 1. The Morgan fingerprint density at radius 2 is 2.10 bits per heavy atom. The van der Waals surface area contributed by atoms with E-state index in [1.807, 2.05) is 17.0 Å². The van der Waals surface area contributed by atoms with E-state index in [1.165, 1.54) is 6.92 Å². The van der Waals surface area contributed by atoms with Crippen LogP contribution in [-0.2, 0) is 20.7 Å². The zero-order valence-corrected chi connectivity index (χ0v) is 17.6. The van der Waals surface area contributed by atoms with Crippen molar-refractivity contribution in [3.05, 3.63) is 24.2 Å². The molecule has 2 aromatic rings. The van der Waals surface area contributed by atoms with Gasteiger partial charge in [-0.05, 0) is 38.3 Å². The van der Waals surface area contributed by atoms with Crippen molar-refractivity contribution in [2.75, 3.05) is 26.8 Å². The van der Waals surface area contributed by atoms with E-state index in [0.717, 1.165) is 42.7 Å². The number of carbonyl (C=O) groups is 2. The summed E-state index contributed by atoms with van der Waals surface area (Å²) in [7, 11) is 1.69. The molecule has 3 rings (SSSR count). The molecule has 8 heteroatoms. The Hall–Kier alpha value is -2.48. The van der Waals surface area contributed by atoms with Gasteiger partial charge in [0.05, 0.1) is 12.6 Å². The molecule has 1 fully saturated rings. The predicted octanol–water partition coefficient (Wildman–Crippen LogP) is 2.09. The SMILES string of the molecule is COCC(C)n1c(CCCC(=O)N2CCC(NC(C)=O)CC2)nc2cccnc21. The summed E-state index contributed by atoms with van der Waals surface area (Å²) in [6, 6.07) is 4.16. The number of amides is 2.